The van der Waals surface area contributed by atoms with E-state index in [2.05, 4.69) is 15.0 Å². The number of aromatic amines is 1. The Balaban J connectivity index is 2.03. The molecule has 0 saturated carbocycles. The Kier molecular flexibility index (Phi) is 2.33. The molecule has 1 aromatic carbocycles. The van der Waals surface area contributed by atoms with Gasteiger partial charge in [-0.2, -0.15) is 0 Å². The lowest BCUT2D eigenvalue weighted by molar-refractivity contribution is 0.813. The van der Waals surface area contributed by atoms with E-state index in [-0.39, 0.29) is 5.56 Å². The maximum absolute atomic E-state index is 11.5. The molecule has 2 heterocycles. The van der Waals surface area contributed by atoms with E-state index in [0.29, 0.717) is 17.7 Å². The molecule has 0 amide bonds. The largest absolute Gasteiger partial charge is 0.399 e. The summed E-state index contributed by atoms with van der Waals surface area (Å²) >= 11 is 0. The molecule has 0 radical (unpaired) electrons. The lowest BCUT2D eigenvalue weighted by Gasteiger charge is -2.03. The van der Waals surface area contributed by atoms with Crippen molar-refractivity contribution in [3.8, 4) is 0 Å². The molecule has 3 aromatic rings. The molecule has 0 spiro atoms. The number of fused-ring (bicyclic) bond motifs is 1. The summed E-state index contributed by atoms with van der Waals surface area (Å²) in [5.74, 6) is 0. The van der Waals surface area contributed by atoms with E-state index < -0.39 is 0 Å². The van der Waals surface area contributed by atoms with E-state index in [4.69, 9.17) is 5.73 Å². The van der Waals surface area contributed by atoms with Gasteiger partial charge < -0.3 is 15.3 Å². The van der Waals surface area contributed by atoms with Crippen LogP contribution < -0.4 is 11.3 Å². The summed E-state index contributed by atoms with van der Waals surface area (Å²) in [5, 5.41) is 0. The molecule has 90 valence electrons. The van der Waals surface area contributed by atoms with Crippen LogP contribution in [0.3, 0.4) is 0 Å². The molecule has 0 bridgehead atoms. The van der Waals surface area contributed by atoms with Crippen molar-refractivity contribution in [2.75, 3.05) is 5.73 Å². The van der Waals surface area contributed by atoms with Gasteiger partial charge in [0.15, 0.2) is 11.2 Å². The van der Waals surface area contributed by atoms with Crippen LogP contribution in [0.5, 0.6) is 0 Å². The smallest absolute Gasteiger partial charge is 0.278 e. The molecule has 0 aliphatic carbocycles. The Morgan fingerprint density at radius 2 is 2.00 bits per heavy atom. The molecule has 0 aliphatic rings. The monoisotopic (exact) mass is 241 g/mol. The highest BCUT2D eigenvalue weighted by Crippen LogP contribution is 2.10. The zero-order chi connectivity index (χ0) is 12.5. The molecule has 6 heteroatoms. The van der Waals surface area contributed by atoms with Gasteiger partial charge >= 0.3 is 0 Å². The fraction of sp³-hybridized carbons (Fsp3) is 0.0833. The molecule has 6 nitrogen and oxygen atoms in total. The van der Waals surface area contributed by atoms with Gasteiger partial charge in [0.25, 0.3) is 5.56 Å². The van der Waals surface area contributed by atoms with Crippen molar-refractivity contribution < 1.29 is 0 Å². The average Bonchev–Trinajstić information content (AvgIpc) is 2.77. The summed E-state index contributed by atoms with van der Waals surface area (Å²) in [4.78, 5) is 22.2. The quantitative estimate of drug-likeness (QED) is 0.648. The predicted octanol–water partition coefficient (Wildman–Crippen LogP) is 0.750. The van der Waals surface area contributed by atoms with Crippen molar-refractivity contribution in [1.82, 2.24) is 19.5 Å². The van der Waals surface area contributed by atoms with Crippen LogP contribution in [0.2, 0.25) is 0 Å². The predicted molar refractivity (Wildman–Crippen MR) is 68.1 cm³/mol. The summed E-state index contributed by atoms with van der Waals surface area (Å²) < 4.78 is 1.83. The number of aromatic nitrogens is 4. The molecule has 18 heavy (non-hydrogen) atoms. The highest BCUT2D eigenvalue weighted by atomic mass is 16.1. The zero-order valence-electron chi connectivity index (χ0n) is 9.50. The first-order chi connectivity index (χ1) is 8.74. The number of rotatable bonds is 2. The number of nitrogen functional groups attached to an aromatic ring is 1. The molecule has 0 unspecified atom stereocenters. The average molecular weight is 241 g/mol. The first-order valence-electron chi connectivity index (χ1n) is 5.47. The fourth-order valence-electron chi connectivity index (χ4n) is 1.83. The zero-order valence-corrected chi connectivity index (χ0v) is 9.50. The van der Waals surface area contributed by atoms with Gasteiger partial charge in [0.2, 0.25) is 0 Å². The highest BCUT2D eigenvalue weighted by molar-refractivity contribution is 5.68. The minimum absolute atomic E-state index is 0.226. The molecule has 3 rings (SSSR count). The van der Waals surface area contributed by atoms with Crippen LogP contribution in [0.4, 0.5) is 5.69 Å². The van der Waals surface area contributed by atoms with Gasteiger partial charge in [-0.25, -0.2) is 9.97 Å². The number of nitrogens with one attached hydrogen (secondary N) is 1. The molecule has 0 aliphatic heterocycles. The molecule has 3 N–H and O–H groups in total. The fourth-order valence-corrected chi connectivity index (χ4v) is 1.83. The normalized spacial score (nSPS) is 10.9. The SMILES string of the molecule is Nc1ccc(Cn2cnc3c(=O)[nH]cnc32)cc1. The number of imidazole rings is 1. The van der Waals surface area contributed by atoms with Crippen LogP contribution in [0.1, 0.15) is 5.56 Å². The van der Waals surface area contributed by atoms with Gasteiger partial charge in [-0.1, -0.05) is 12.1 Å². The Hall–Kier alpha value is -2.63. The lowest BCUT2D eigenvalue weighted by Crippen LogP contribution is -2.07. The minimum Gasteiger partial charge on any atom is -0.399 e. The van der Waals surface area contributed by atoms with Crippen LogP contribution >= 0.6 is 0 Å². The van der Waals surface area contributed by atoms with E-state index in [1.54, 1.807) is 6.33 Å². The van der Waals surface area contributed by atoms with Crippen molar-refractivity contribution in [2.45, 2.75) is 6.54 Å². The number of benzene rings is 1. The summed E-state index contributed by atoms with van der Waals surface area (Å²) in [6.07, 6.45) is 3.00. The van der Waals surface area contributed by atoms with Crippen molar-refractivity contribution in [1.29, 1.82) is 0 Å². The van der Waals surface area contributed by atoms with Crippen LogP contribution in [-0.4, -0.2) is 19.5 Å². The van der Waals surface area contributed by atoms with Gasteiger partial charge in [-0.05, 0) is 17.7 Å². The highest BCUT2D eigenvalue weighted by Gasteiger charge is 2.07. The van der Waals surface area contributed by atoms with Crippen LogP contribution in [-0.2, 0) is 6.54 Å². The third-order valence-electron chi connectivity index (χ3n) is 2.74. The van der Waals surface area contributed by atoms with Gasteiger partial charge in [0.05, 0.1) is 19.2 Å². The van der Waals surface area contributed by atoms with E-state index in [1.165, 1.54) is 6.33 Å². The number of hydrogen-bond donors (Lipinski definition) is 2. The van der Waals surface area contributed by atoms with Crippen molar-refractivity contribution in [3.63, 3.8) is 0 Å². The Morgan fingerprint density at radius 1 is 1.22 bits per heavy atom. The number of hydrogen-bond acceptors (Lipinski definition) is 4. The number of nitrogens with zero attached hydrogens (tertiary/aromatic N) is 3. The van der Waals surface area contributed by atoms with Gasteiger partial charge in [-0.15, -0.1) is 0 Å². The van der Waals surface area contributed by atoms with Crippen molar-refractivity contribution in [2.24, 2.45) is 0 Å². The second-order valence-corrected chi connectivity index (χ2v) is 4.02. The first-order valence-corrected chi connectivity index (χ1v) is 5.47. The van der Waals surface area contributed by atoms with Crippen LogP contribution in [0.15, 0.2) is 41.7 Å². The molecule has 2 aromatic heterocycles. The second-order valence-electron chi connectivity index (χ2n) is 4.02. The van der Waals surface area contributed by atoms with Gasteiger partial charge in [0, 0.05) is 5.69 Å². The third kappa shape index (κ3) is 1.73. The maximum atomic E-state index is 11.5. The first kappa shape index (κ1) is 10.5. The van der Waals surface area contributed by atoms with E-state index in [0.717, 1.165) is 11.3 Å². The van der Waals surface area contributed by atoms with Crippen molar-refractivity contribution >= 4 is 16.9 Å². The summed E-state index contributed by atoms with van der Waals surface area (Å²) in [6.45, 7) is 0.604. The molecular formula is C12H11N5O. The summed E-state index contributed by atoms with van der Waals surface area (Å²) in [7, 11) is 0. The van der Waals surface area contributed by atoms with Crippen LogP contribution in [0, 0.1) is 0 Å². The number of anilines is 1. The van der Waals surface area contributed by atoms with E-state index in [9.17, 15) is 4.79 Å². The number of nitrogens with two attached hydrogens (primary N) is 1. The standard InChI is InChI=1S/C12H11N5O/c13-9-3-1-8(2-4-9)5-17-7-16-10-11(17)14-6-15-12(10)18/h1-4,6-7H,5,13H2,(H,14,15,18). The molecular weight excluding hydrogens is 230 g/mol. The minimum atomic E-state index is -0.226. The maximum Gasteiger partial charge on any atom is 0.278 e. The Bertz CT molecular complexity index is 741. The topological polar surface area (TPSA) is 89.6 Å². The molecule has 0 atom stereocenters. The summed E-state index contributed by atoms with van der Waals surface area (Å²) in [5.41, 5.74) is 8.14. The van der Waals surface area contributed by atoms with E-state index >= 15 is 0 Å². The van der Waals surface area contributed by atoms with Crippen LogP contribution in [0.25, 0.3) is 11.2 Å². The molecule has 0 fully saturated rings. The second kappa shape index (κ2) is 3.99. The van der Waals surface area contributed by atoms with E-state index in [1.807, 2.05) is 28.8 Å². The van der Waals surface area contributed by atoms with Gasteiger partial charge in [0.1, 0.15) is 0 Å². The van der Waals surface area contributed by atoms with Gasteiger partial charge in [-0.3, -0.25) is 4.79 Å². The Morgan fingerprint density at radius 3 is 2.78 bits per heavy atom. The Labute approximate surface area is 102 Å². The number of H-pyrrole nitrogens is 1. The summed E-state index contributed by atoms with van der Waals surface area (Å²) in [6, 6.07) is 7.56. The van der Waals surface area contributed by atoms with Crippen molar-refractivity contribution in [3.05, 3.63) is 52.8 Å². The third-order valence-corrected chi connectivity index (χ3v) is 2.74. The molecule has 0 saturated heterocycles. The lowest BCUT2D eigenvalue weighted by atomic mass is 10.2.